The second-order valence-corrected chi connectivity index (χ2v) is 4.40. The first-order valence-electron chi connectivity index (χ1n) is 6.53. The van der Waals surface area contributed by atoms with Crippen LogP contribution >= 0.6 is 0 Å². The molecule has 0 atom stereocenters. The molecule has 1 saturated heterocycles. The van der Waals surface area contributed by atoms with Crippen LogP contribution in [0.25, 0.3) is 0 Å². The minimum absolute atomic E-state index is 0.185. The van der Waals surface area contributed by atoms with E-state index in [2.05, 4.69) is 5.32 Å². The molecule has 19 heavy (non-hydrogen) atoms. The molecule has 0 bridgehead atoms. The van der Waals surface area contributed by atoms with Gasteiger partial charge in [-0.2, -0.15) is 0 Å². The molecule has 0 radical (unpaired) electrons. The molecule has 1 aliphatic heterocycles. The minimum atomic E-state index is 0.185. The van der Waals surface area contributed by atoms with Crippen molar-refractivity contribution in [2.45, 2.75) is 6.42 Å². The lowest BCUT2D eigenvalue weighted by Crippen LogP contribution is -2.41. The zero-order valence-electron chi connectivity index (χ0n) is 11.2. The van der Waals surface area contributed by atoms with Gasteiger partial charge in [-0.05, 0) is 24.3 Å². The molecule has 0 aromatic heterocycles. The van der Waals surface area contributed by atoms with Crippen molar-refractivity contribution in [1.29, 1.82) is 0 Å². The van der Waals surface area contributed by atoms with E-state index in [1.807, 2.05) is 29.2 Å². The third-order valence-electron chi connectivity index (χ3n) is 3.12. The number of nitrogens with zero attached hydrogens (tertiary/aromatic N) is 1. The first-order valence-corrected chi connectivity index (χ1v) is 6.53. The van der Waals surface area contributed by atoms with Gasteiger partial charge in [-0.1, -0.05) is 0 Å². The second kappa shape index (κ2) is 6.99. The van der Waals surface area contributed by atoms with Crippen LogP contribution in [0.3, 0.4) is 0 Å². The normalized spacial score (nSPS) is 15.1. The Morgan fingerprint density at radius 1 is 1.32 bits per heavy atom. The van der Waals surface area contributed by atoms with E-state index in [1.54, 1.807) is 7.11 Å². The highest BCUT2D eigenvalue weighted by Crippen LogP contribution is 2.14. The quantitative estimate of drug-likeness (QED) is 0.872. The Bertz CT molecular complexity index is 400. The molecular formula is C14H20N2O3. The molecular weight excluding hydrogens is 244 g/mol. The van der Waals surface area contributed by atoms with Crippen LogP contribution in [0.4, 0.5) is 5.69 Å². The Morgan fingerprint density at radius 2 is 2.00 bits per heavy atom. The predicted molar refractivity (Wildman–Crippen MR) is 73.5 cm³/mol. The fraction of sp³-hybridized carbons (Fsp3) is 0.500. The number of hydrogen-bond acceptors (Lipinski definition) is 4. The molecule has 0 unspecified atom stereocenters. The number of anilines is 1. The number of carbonyl (C=O) groups excluding carboxylic acids is 1. The lowest BCUT2D eigenvalue weighted by Gasteiger charge is -2.26. The van der Waals surface area contributed by atoms with E-state index in [9.17, 15) is 4.79 Å². The molecule has 5 heteroatoms. The summed E-state index contributed by atoms with van der Waals surface area (Å²) in [6, 6.07) is 7.67. The van der Waals surface area contributed by atoms with Crippen LogP contribution in [0.1, 0.15) is 6.42 Å². The predicted octanol–water partition coefficient (Wildman–Crippen LogP) is 1.36. The lowest BCUT2D eigenvalue weighted by atomic mass is 10.3. The number of hydrogen-bond donors (Lipinski definition) is 1. The lowest BCUT2D eigenvalue weighted by molar-refractivity contribution is -0.134. The Balaban J connectivity index is 1.71. The number of benzene rings is 1. The number of morpholine rings is 1. The van der Waals surface area contributed by atoms with Crippen LogP contribution in [0.15, 0.2) is 24.3 Å². The van der Waals surface area contributed by atoms with Gasteiger partial charge in [-0.3, -0.25) is 4.79 Å². The molecule has 0 aliphatic carbocycles. The zero-order valence-corrected chi connectivity index (χ0v) is 11.2. The highest BCUT2D eigenvalue weighted by Gasteiger charge is 2.15. The van der Waals surface area contributed by atoms with E-state index in [0.29, 0.717) is 39.3 Å². The third kappa shape index (κ3) is 4.13. The average Bonchev–Trinajstić information content (AvgIpc) is 2.49. The van der Waals surface area contributed by atoms with Crippen LogP contribution in [-0.2, 0) is 9.53 Å². The van der Waals surface area contributed by atoms with Crippen molar-refractivity contribution in [3.8, 4) is 5.75 Å². The molecule has 2 rings (SSSR count). The Labute approximate surface area is 113 Å². The molecule has 104 valence electrons. The number of nitrogens with one attached hydrogen (secondary N) is 1. The van der Waals surface area contributed by atoms with Crippen LogP contribution in [0.2, 0.25) is 0 Å². The number of methoxy groups -OCH3 is 1. The van der Waals surface area contributed by atoms with E-state index in [-0.39, 0.29) is 5.91 Å². The summed E-state index contributed by atoms with van der Waals surface area (Å²) in [5, 5.41) is 3.23. The molecule has 5 nitrogen and oxygen atoms in total. The largest absolute Gasteiger partial charge is 0.497 e. The van der Waals surface area contributed by atoms with E-state index in [1.165, 1.54) is 0 Å². The van der Waals surface area contributed by atoms with Crippen LogP contribution in [0.5, 0.6) is 5.75 Å². The van der Waals surface area contributed by atoms with E-state index < -0.39 is 0 Å². The average molecular weight is 264 g/mol. The van der Waals surface area contributed by atoms with Crippen molar-refractivity contribution >= 4 is 11.6 Å². The van der Waals surface area contributed by atoms with E-state index in [4.69, 9.17) is 9.47 Å². The van der Waals surface area contributed by atoms with Gasteiger partial charge in [0.15, 0.2) is 0 Å². The van der Waals surface area contributed by atoms with Gasteiger partial charge in [-0.15, -0.1) is 0 Å². The standard InChI is InChI=1S/C14H20N2O3/c1-18-13-4-2-12(3-5-13)15-7-6-14(17)16-8-10-19-11-9-16/h2-5,15H,6-11H2,1H3. The summed E-state index contributed by atoms with van der Waals surface area (Å²) in [6.07, 6.45) is 0.506. The summed E-state index contributed by atoms with van der Waals surface area (Å²) < 4.78 is 10.3. The molecule has 0 saturated carbocycles. The van der Waals surface area contributed by atoms with Crippen molar-refractivity contribution in [3.63, 3.8) is 0 Å². The number of ether oxygens (including phenoxy) is 2. The highest BCUT2D eigenvalue weighted by atomic mass is 16.5. The first kappa shape index (κ1) is 13.7. The molecule has 0 spiro atoms. The Morgan fingerprint density at radius 3 is 2.63 bits per heavy atom. The number of amides is 1. The highest BCUT2D eigenvalue weighted by molar-refractivity contribution is 5.76. The fourth-order valence-corrected chi connectivity index (χ4v) is 1.99. The van der Waals surface area contributed by atoms with Gasteiger partial charge in [0.1, 0.15) is 5.75 Å². The third-order valence-corrected chi connectivity index (χ3v) is 3.12. The van der Waals surface area contributed by atoms with Crippen LogP contribution < -0.4 is 10.1 Å². The smallest absolute Gasteiger partial charge is 0.224 e. The van der Waals surface area contributed by atoms with Gasteiger partial charge < -0.3 is 19.7 Å². The second-order valence-electron chi connectivity index (χ2n) is 4.40. The van der Waals surface area contributed by atoms with Crippen molar-refractivity contribution in [2.75, 3.05) is 45.3 Å². The summed E-state index contributed by atoms with van der Waals surface area (Å²) >= 11 is 0. The molecule has 1 N–H and O–H groups in total. The maximum absolute atomic E-state index is 11.9. The van der Waals surface area contributed by atoms with Gasteiger partial charge in [0.25, 0.3) is 0 Å². The van der Waals surface area contributed by atoms with Crippen LogP contribution in [-0.4, -0.2) is 50.8 Å². The van der Waals surface area contributed by atoms with E-state index in [0.717, 1.165) is 11.4 Å². The fourth-order valence-electron chi connectivity index (χ4n) is 1.99. The summed E-state index contributed by atoms with van der Waals surface area (Å²) in [5.41, 5.74) is 0.996. The van der Waals surface area contributed by atoms with Gasteiger partial charge in [0, 0.05) is 31.7 Å². The molecule has 1 aliphatic rings. The zero-order chi connectivity index (χ0) is 13.5. The van der Waals surface area contributed by atoms with Crippen molar-refractivity contribution in [3.05, 3.63) is 24.3 Å². The van der Waals surface area contributed by atoms with Crippen molar-refractivity contribution < 1.29 is 14.3 Å². The Kier molecular flexibility index (Phi) is 5.03. The summed E-state index contributed by atoms with van der Waals surface area (Å²) in [5.74, 6) is 1.01. The maximum atomic E-state index is 11.9. The van der Waals surface area contributed by atoms with Gasteiger partial charge in [0.05, 0.1) is 20.3 Å². The SMILES string of the molecule is COc1ccc(NCCC(=O)N2CCOCC2)cc1. The summed E-state index contributed by atoms with van der Waals surface area (Å²) in [6.45, 7) is 3.36. The number of carbonyl (C=O) groups is 1. The van der Waals surface area contributed by atoms with Gasteiger partial charge in [0.2, 0.25) is 5.91 Å². The van der Waals surface area contributed by atoms with Crippen LogP contribution in [0, 0.1) is 0 Å². The van der Waals surface area contributed by atoms with E-state index >= 15 is 0 Å². The van der Waals surface area contributed by atoms with Crippen molar-refractivity contribution in [1.82, 2.24) is 4.90 Å². The summed E-state index contributed by atoms with van der Waals surface area (Å²) in [4.78, 5) is 13.8. The molecule has 1 aromatic carbocycles. The summed E-state index contributed by atoms with van der Waals surface area (Å²) in [7, 11) is 1.64. The molecule has 1 aromatic rings. The topological polar surface area (TPSA) is 50.8 Å². The molecule has 1 heterocycles. The maximum Gasteiger partial charge on any atom is 0.224 e. The monoisotopic (exact) mass is 264 g/mol. The molecule has 1 fully saturated rings. The van der Waals surface area contributed by atoms with Gasteiger partial charge in [-0.25, -0.2) is 0 Å². The first-order chi connectivity index (χ1) is 9.29. The van der Waals surface area contributed by atoms with Crippen molar-refractivity contribution in [2.24, 2.45) is 0 Å². The Hall–Kier alpha value is -1.75. The van der Waals surface area contributed by atoms with Gasteiger partial charge >= 0.3 is 0 Å². The number of rotatable bonds is 5. The molecule has 1 amide bonds. The minimum Gasteiger partial charge on any atom is -0.497 e.